The topological polar surface area (TPSA) is 24.1 Å². The molecule has 0 unspecified atom stereocenters. The van der Waals surface area contributed by atoms with Gasteiger partial charge in [-0.1, -0.05) is 49.7 Å². The molecule has 2 aliphatic heterocycles. The molecule has 2 aliphatic rings. The summed E-state index contributed by atoms with van der Waals surface area (Å²) in [6.07, 6.45) is 0.992. The lowest BCUT2D eigenvalue weighted by molar-refractivity contribution is 0.690. The quantitative estimate of drug-likeness (QED) is 0.772. The van der Waals surface area contributed by atoms with Crippen molar-refractivity contribution >= 4 is 11.4 Å². The van der Waals surface area contributed by atoms with Crippen molar-refractivity contribution < 1.29 is 0 Å². The number of aryl methyl sites for hydroxylation is 1. The minimum absolute atomic E-state index is 0.514. The molecular formula is C22H28N2. The van der Waals surface area contributed by atoms with Crippen molar-refractivity contribution in [3.8, 4) is 0 Å². The molecule has 2 aromatic carbocycles. The molecule has 0 aliphatic carbocycles. The largest absolute Gasteiger partial charge is 0.382 e. The molecule has 0 fully saturated rings. The van der Waals surface area contributed by atoms with Crippen molar-refractivity contribution in [3.63, 3.8) is 0 Å². The maximum Gasteiger partial charge on any atom is 0.0414 e. The van der Waals surface area contributed by atoms with Crippen molar-refractivity contribution in [2.24, 2.45) is 0 Å². The molecule has 2 heterocycles. The first-order valence-electron chi connectivity index (χ1n) is 9.24. The van der Waals surface area contributed by atoms with Gasteiger partial charge in [-0.15, -0.1) is 0 Å². The van der Waals surface area contributed by atoms with E-state index in [4.69, 9.17) is 0 Å². The Morgan fingerprint density at radius 2 is 1.42 bits per heavy atom. The third-order valence-corrected chi connectivity index (χ3v) is 6.18. The van der Waals surface area contributed by atoms with Gasteiger partial charge in [-0.25, -0.2) is 0 Å². The van der Waals surface area contributed by atoms with Crippen LogP contribution in [0.1, 0.15) is 67.3 Å². The Hall–Kier alpha value is -1.96. The fourth-order valence-electron chi connectivity index (χ4n) is 4.34. The highest BCUT2D eigenvalue weighted by Gasteiger charge is 2.29. The second-order valence-electron chi connectivity index (χ2n) is 7.89. The van der Waals surface area contributed by atoms with E-state index in [2.05, 4.69) is 75.6 Å². The molecule has 0 saturated carbocycles. The Kier molecular flexibility index (Phi) is 3.59. The summed E-state index contributed by atoms with van der Waals surface area (Å²) in [7, 11) is 0. The Morgan fingerprint density at radius 1 is 0.792 bits per heavy atom. The van der Waals surface area contributed by atoms with E-state index in [0.29, 0.717) is 23.9 Å². The molecule has 0 aromatic heterocycles. The summed E-state index contributed by atoms with van der Waals surface area (Å²) in [6, 6.07) is 12.5. The average molecular weight is 320 g/mol. The molecule has 2 aromatic rings. The summed E-state index contributed by atoms with van der Waals surface area (Å²) in [5.41, 5.74) is 9.92. The van der Waals surface area contributed by atoms with Crippen LogP contribution in [-0.4, -0.2) is 12.1 Å². The van der Waals surface area contributed by atoms with Crippen LogP contribution in [0.2, 0.25) is 0 Å². The molecule has 2 nitrogen and oxygen atoms in total. The van der Waals surface area contributed by atoms with Gasteiger partial charge in [-0.05, 0) is 43.0 Å². The molecule has 126 valence electrons. The van der Waals surface area contributed by atoms with E-state index in [9.17, 15) is 0 Å². The summed E-state index contributed by atoms with van der Waals surface area (Å²) >= 11 is 0. The van der Waals surface area contributed by atoms with Gasteiger partial charge in [0.05, 0.1) is 0 Å². The van der Waals surface area contributed by atoms with Crippen LogP contribution in [0, 0.1) is 6.92 Å². The number of rotatable bonds is 2. The number of benzene rings is 2. The number of anilines is 2. The second kappa shape index (κ2) is 5.54. The van der Waals surface area contributed by atoms with Crippen LogP contribution in [0.25, 0.3) is 0 Å². The third kappa shape index (κ3) is 2.31. The van der Waals surface area contributed by atoms with Crippen LogP contribution in [0.3, 0.4) is 0 Å². The van der Waals surface area contributed by atoms with Crippen LogP contribution in [0.5, 0.6) is 0 Å². The zero-order valence-electron chi connectivity index (χ0n) is 15.4. The number of fused-ring (bicyclic) bond motifs is 2. The fraction of sp³-hybridized carbons (Fsp3) is 0.455. The Balaban J connectivity index is 1.76. The summed E-state index contributed by atoms with van der Waals surface area (Å²) in [4.78, 5) is 0. The SMILES string of the molecule is Cc1cc(Cc2cccc3c2N[C@H](C)[C@@H]3C)c2c(c1)[C@H](C)[C@H](C)N2. The van der Waals surface area contributed by atoms with Gasteiger partial charge in [-0.2, -0.15) is 0 Å². The van der Waals surface area contributed by atoms with Crippen LogP contribution >= 0.6 is 0 Å². The molecule has 2 heteroatoms. The molecular weight excluding hydrogens is 292 g/mol. The van der Waals surface area contributed by atoms with Gasteiger partial charge in [0, 0.05) is 41.7 Å². The van der Waals surface area contributed by atoms with E-state index in [0.717, 1.165) is 6.42 Å². The lowest BCUT2D eigenvalue weighted by Gasteiger charge is -2.14. The van der Waals surface area contributed by atoms with Gasteiger partial charge in [0.2, 0.25) is 0 Å². The smallest absolute Gasteiger partial charge is 0.0414 e. The third-order valence-electron chi connectivity index (χ3n) is 6.18. The second-order valence-corrected chi connectivity index (χ2v) is 7.89. The minimum Gasteiger partial charge on any atom is -0.382 e. The highest BCUT2D eigenvalue weighted by Crippen LogP contribution is 2.42. The Bertz CT molecular complexity index is 793. The van der Waals surface area contributed by atoms with Crippen LogP contribution in [0.4, 0.5) is 11.4 Å². The molecule has 0 saturated heterocycles. The first-order chi connectivity index (χ1) is 11.5. The van der Waals surface area contributed by atoms with E-state index in [1.807, 2.05) is 0 Å². The van der Waals surface area contributed by atoms with Gasteiger partial charge in [-0.3, -0.25) is 0 Å². The molecule has 0 spiro atoms. The number of hydrogen-bond acceptors (Lipinski definition) is 2. The van der Waals surface area contributed by atoms with E-state index in [1.165, 1.54) is 39.2 Å². The molecule has 0 radical (unpaired) electrons. The lowest BCUT2D eigenvalue weighted by atomic mass is 9.91. The lowest BCUT2D eigenvalue weighted by Crippen LogP contribution is -2.13. The van der Waals surface area contributed by atoms with Crippen molar-refractivity contribution in [2.75, 3.05) is 10.6 Å². The highest BCUT2D eigenvalue weighted by atomic mass is 15.0. The summed E-state index contributed by atoms with van der Waals surface area (Å²) in [5.74, 6) is 1.17. The molecule has 2 N–H and O–H groups in total. The molecule has 24 heavy (non-hydrogen) atoms. The van der Waals surface area contributed by atoms with Crippen molar-refractivity contribution in [3.05, 3.63) is 58.1 Å². The van der Waals surface area contributed by atoms with Crippen LogP contribution in [-0.2, 0) is 6.42 Å². The van der Waals surface area contributed by atoms with E-state index < -0.39 is 0 Å². The van der Waals surface area contributed by atoms with Gasteiger partial charge in [0.15, 0.2) is 0 Å². The van der Waals surface area contributed by atoms with Crippen molar-refractivity contribution in [1.82, 2.24) is 0 Å². The number of nitrogens with one attached hydrogen (secondary N) is 2. The molecule has 4 atom stereocenters. The minimum atomic E-state index is 0.514. The maximum absolute atomic E-state index is 3.73. The summed E-state index contributed by atoms with van der Waals surface area (Å²) in [5, 5.41) is 7.44. The van der Waals surface area contributed by atoms with E-state index in [-0.39, 0.29) is 0 Å². The Labute approximate surface area is 145 Å². The summed E-state index contributed by atoms with van der Waals surface area (Å²) in [6.45, 7) is 11.4. The Morgan fingerprint density at radius 3 is 2.12 bits per heavy atom. The number of hydrogen-bond donors (Lipinski definition) is 2. The normalized spacial score (nSPS) is 27.4. The van der Waals surface area contributed by atoms with E-state index >= 15 is 0 Å². The predicted molar refractivity (Wildman–Crippen MR) is 103 cm³/mol. The zero-order valence-corrected chi connectivity index (χ0v) is 15.4. The predicted octanol–water partition coefficient (Wildman–Crippen LogP) is 5.42. The standard InChI is InChI=1S/C22H28N2/c1-12-9-18(22-20(10-12)14(3)16(5)24-22)11-17-7-6-8-19-13(2)15(4)23-21(17)19/h6-10,13-16,23-24H,11H2,1-5H3/t13-,14+,15+,16-/m0/s1. The summed E-state index contributed by atoms with van der Waals surface area (Å²) < 4.78 is 0. The molecule has 4 rings (SSSR count). The van der Waals surface area contributed by atoms with Gasteiger partial charge >= 0.3 is 0 Å². The first-order valence-corrected chi connectivity index (χ1v) is 9.24. The van der Waals surface area contributed by atoms with Gasteiger partial charge < -0.3 is 10.6 Å². The maximum atomic E-state index is 3.73. The first kappa shape index (κ1) is 15.6. The van der Waals surface area contributed by atoms with Gasteiger partial charge in [0.25, 0.3) is 0 Å². The highest BCUT2D eigenvalue weighted by molar-refractivity contribution is 5.69. The average Bonchev–Trinajstić information content (AvgIpc) is 3.00. The fourth-order valence-corrected chi connectivity index (χ4v) is 4.34. The number of para-hydroxylation sites is 1. The zero-order chi connectivity index (χ0) is 17.0. The van der Waals surface area contributed by atoms with E-state index in [1.54, 1.807) is 0 Å². The molecule has 0 bridgehead atoms. The van der Waals surface area contributed by atoms with Crippen molar-refractivity contribution in [2.45, 2.75) is 65.0 Å². The molecule has 0 amide bonds. The van der Waals surface area contributed by atoms with Crippen LogP contribution in [0.15, 0.2) is 30.3 Å². The van der Waals surface area contributed by atoms with Gasteiger partial charge in [0.1, 0.15) is 0 Å². The van der Waals surface area contributed by atoms with Crippen LogP contribution < -0.4 is 10.6 Å². The monoisotopic (exact) mass is 320 g/mol. The van der Waals surface area contributed by atoms with Crippen molar-refractivity contribution in [1.29, 1.82) is 0 Å².